The Morgan fingerprint density at radius 3 is 1.38 bits per heavy atom. The van der Waals surface area contributed by atoms with Crippen molar-refractivity contribution in [1.82, 2.24) is 0 Å². The van der Waals surface area contributed by atoms with Crippen molar-refractivity contribution in [2.24, 2.45) is 0 Å². The molecule has 1 rings (SSSR count). The summed E-state index contributed by atoms with van der Waals surface area (Å²) in [5, 5.41) is 0. The van der Waals surface area contributed by atoms with Crippen molar-refractivity contribution in [3.05, 3.63) is 0 Å². The smallest absolute Gasteiger partial charge is 0.412 e. The summed E-state index contributed by atoms with van der Waals surface area (Å²) in [7, 11) is -3.44. The summed E-state index contributed by atoms with van der Waals surface area (Å²) in [4.78, 5) is 0. The van der Waals surface area contributed by atoms with Crippen LogP contribution in [-0.4, -0.2) is 35.3 Å². The molecule has 0 bridgehead atoms. The zero-order chi connectivity index (χ0) is 4.62. The van der Waals surface area contributed by atoms with Gasteiger partial charge in [0.25, 0.3) is 0 Å². The second-order valence-electron chi connectivity index (χ2n) is 0.697. The molecular formula is H4AlO6S. The minimum Gasteiger partial charge on any atom is -0.412 e. The predicted molar refractivity (Wildman–Crippen MR) is 24.1 cm³/mol. The molecule has 0 spiro atoms. The highest BCUT2D eigenvalue weighted by Gasteiger charge is 2.26. The molecule has 49 valence electrons. The van der Waals surface area contributed by atoms with E-state index in [4.69, 9.17) is 0 Å². The summed E-state index contributed by atoms with van der Waals surface area (Å²) in [6, 6.07) is 0. The molecule has 0 saturated carbocycles. The van der Waals surface area contributed by atoms with E-state index in [9.17, 15) is 8.42 Å². The molecule has 0 amide bonds. The zero-order valence-electron chi connectivity index (χ0n) is 3.62. The molecule has 1 saturated heterocycles. The summed E-state index contributed by atoms with van der Waals surface area (Å²) in [6.07, 6.45) is 0. The standard InChI is InChI=1S/Al.H2O4S.2H2O/c;1-5(2,3)4;;/h;(H2,1,2,3,4);2*1H2/q+2;;;/p-2. The van der Waals surface area contributed by atoms with Gasteiger partial charge in [0.05, 0.1) is 0 Å². The fraction of sp³-hybridized carbons (Fsp3) is 0. The van der Waals surface area contributed by atoms with Gasteiger partial charge in [0.15, 0.2) is 0 Å². The summed E-state index contributed by atoms with van der Waals surface area (Å²) in [6.45, 7) is 0. The lowest BCUT2D eigenvalue weighted by Crippen LogP contribution is -2.27. The van der Waals surface area contributed by atoms with Crippen molar-refractivity contribution in [2.45, 2.75) is 0 Å². The van der Waals surface area contributed by atoms with Crippen LogP contribution in [0.2, 0.25) is 0 Å². The molecule has 8 heteroatoms. The van der Waals surface area contributed by atoms with Crippen LogP contribution in [0.4, 0.5) is 0 Å². The number of rotatable bonds is 0. The maximum Gasteiger partial charge on any atom is 0.703 e. The van der Waals surface area contributed by atoms with E-state index in [2.05, 4.69) is 6.47 Å². The molecule has 1 aliphatic heterocycles. The normalized spacial score (nSPS) is 20.5. The molecule has 4 N–H and O–H groups in total. The first-order valence-electron chi connectivity index (χ1n) is 1.14. The molecular weight excluding hydrogens is 155 g/mol. The Hall–Kier alpha value is 0.322. The molecule has 0 aliphatic carbocycles. The third kappa shape index (κ3) is 2.59. The van der Waals surface area contributed by atoms with Gasteiger partial charge in [-0.1, -0.05) is 0 Å². The fourth-order valence-corrected chi connectivity index (χ4v) is 0.931. The molecule has 1 aliphatic rings. The lowest BCUT2D eigenvalue weighted by molar-refractivity contribution is 0.313. The van der Waals surface area contributed by atoms with Crippen LogP contribution in [0.3, 0.4) is 0 Å². The summed E-state index contributed by atoms with van der Waals surface area (Å²) < 4.78 is 27.2. The van der Waals surface area contributed by atoms with Gasteiger partial charge < -0.3 is 17.4 Å². The Kier molecular flexibility index (Phi) is 4.70. The van der Waals surface area contributed by atoms with Gasteiger partial charge in [0, 0.05) is 0 Å². The minimum atomic E-state index is -3.44. The van der Waals surface area contributed by atoms with E-state index in [-0.39, 0.29) is 11.0 Å². The molecule has 1 radical (unpaired) electrons. The lowest BCUT2D eigenvalue weighted by atomic mass is 15.7. The Morgan fingerprint density at radius 2 is 1.38 bits per heavy atom. The molecule has 6 nitrogen and oxygen atoms in total. The first kappa shape index (κ1) is 11.2. The molecule has 1 heterocycles. The maximum atomic E-state index is 9.66. The maximum absolute atomic E-state index is 9.66. The molecule has 0 aromatic carbocycles. The highest BCUT2D eigenvalue weighted by Crippen LogP contribution is 2.02. The van der Waals surface area contributed by atoms with E-state index >= 15 is 0 Å². The van der Waals surface area contributed by atoms with Crippen molar-refractivity contribution in [2.75, 3.05) is 0 Å². The predicted octanol–water partition coefficient (Wildman–Crippen LogP) is -2.84. The van der Waals surface area contributed by atoms with E-state index in [0.29, 0.717) is 0 Å². The van der Waals surface area contributed by atoms with Crippen molar-refractivity contribution in [3.8, 4) is 0 Å². The quantitative estimate of drug-likeness (QED) is 0.354. The van der Waals surface area contributed by atoms with E-state index in [1.165, 1.54) is 0 Å². The Labute approximate surface area is 52.7 Å². The van der Waals surface area contributed by atoms with Gasteiger partial charge in [-0.3, -0.25) is 0 Å². The third-order valence-corrected chi connectivity index (χ3v) is 2.83. The van der Waals surface area contributed by atoms with Crippen LogP contribution in [-0.2, 0) is 16.9 Å². The highest BCUT2D eigenvalue weighted by atomic mass is 32.3. The summed E-state index contributed by atoms with van der Waals surface area (Å²) >= 11 is -0.701. The third-order valence-electron chi connectivity index (χ3n) is 0.314. The van der Waals surface area contributed by atoms with E-state index < -0.39 is 26.3 Å². The van der Waals surface area contributed by atoms with Crippen LogP contribution in [0, 0.1) is 0 Å². The molecule has 0 atom stereocenters. The zero-order valence-corrected chi connectivity index (χ0v) is 5.59. The lowest BCUT2D eigenvalue weighted by Gasteiger charge is -2.10. The Morgan fingerprint density at radius 1 is 1.12 bits per heavy atom. The largest absolute Gasteiger partial charge is 0.703 e. The monoisotopic (exact) mass is 159 g/mol. The van der Waals surface area contributed by atoms with Gasteiger partial charge in [0.1, 0.15) is 0 Å². The first-order chi connectivity index (χ1) is 2.71. The van der Waals surface area contributed by atoms with Gasteiger partial charge in [-0.15, -0.1) is 0 Å². The minimum absolute atomic E-state index is 0. The average molecular weight is 159 g/mol. The summed E-state index contributed by atoms with van der Waals surface area (Å²) in [5.74, 6) is 0. The molecule has 0 aromatic heterocycles. The second-order valence-corrected chi connectivity index (χ2v) is 3.25. The van der Waals surface area contributed by atoms with Gasteiger partial charge in [-0.05, 0) is 0 Å². The average Bonchev–Trinajstić information content (AvgIpc) is 1.32. The van der Waals surface area contributed by atoms with Gasteiger partial charge in [0.2, 0.25) is 0 Å². The van der Waals surface area contributed by atoms with Gasteiger partial charge >= 0.3 is 26.3 Å². The van der Waals surface area contributed by atoms with Crippen molar-refractivity contribution in [1.29, 1.82) is 0 Å². The van der Waals surface area contributed by atoms with Crippen LogP contribution >= 0.6 is 0 Å². The van der Waals surface area contributed by atoms with Crippen LogP contribution in [0.25, 0.3) is 0 Å². The second kappa shape index (κ2) is 3.37. The van der Waals surface area contributed by atoms with Crippen molar-refractivity contribution < 1.29 is 25.8 Å². The summed E-state index contributed by atoms with van der Waals surface area (Å²) in [5.41, 5.74) is 0. The van der Waals surface area contributed by atoms with Crippen LogP contribution < -0.4 is 0 Å². The first-order valence-corrected chi connectivity index (χ1v) is 3.41. The molecule has 1 fully saturated rings. The topological polar surface area (TPSA) is 116 Å². The highest BCUT2D eigenvalue weighted by molar-refractivity contribution is 7.85. The molecule has 0 aromatic rings. The SMILES string of the molecule is O.O.O=S1(=O)[O][Al][O]1. The van der Waals surface area contributed by atoms with E-state index in [1.807, 2.05) is 0 Å². The van der Waals surface area contributed by atoms with E-state index in [1.54, 1.807) is 0 Å². The van der Waals surface area contributed by atoms with Crippen LogP contribution in [0.1, 0.15) is 0 Å². The number of hydrogen-bond acceptors (Lipinski definition) is 4. The van der Waals surface area contributed by atoms with Gasteiger partial charge in [-0.2, -0.15) is 8.42 Å². The van der Waals surface area contributed by atoms with Crippen molar-refractivity contribution >= 4 is 26.3 Å². The molecule has 0 unspecified atom stereocenters. The Bertz CT molecular complexity index is 123. The molecule has 8 heavy (non-hydrogen) atoms. The van der Waals surface area contributed by atoms with Crippen LogP contribution in [0.5, 0.6) is 0 Å². The Balaban J connectivity index is 0. The number of hydrogen-bond donors (Lipinski definition) is 0. The van der Waals surface area contributed by atoms with Crippen LogP contribution in [0.15, 0.2) is 0 Å². The fourth-order valence-electron chi connectivity index (χ4n) is 0.103. The van der Waals surface area contributed by atoms with E-state index in [0.717, 1.165) is 0 Å². The van der Waals surface area contributed by atoms with Crippen molar-refractivity contribution in [3.63, 3.8) is 0 Å². The van der Waals surface area contributed by atoms with Gasteiger partial charge in [-0.25, -0.2) is 0 Å².